The second-order valence-electron chi connectivity index (χ2n) is 4.88. The normalized spacial score (nSPS) is 11.7. The first-order valence-corrected chi connectivity index (χ1v) is 7.92. The lowest BCUT2D eigenvalue weighted by Crippen LogP contribution is -2.07. The first-order valence-electron chi connectivity index (χ1n) is 6.66. The van der Waals surface area contributed by atoms with Crippen molar-refractivity contribution in [3.8, 4) is 10.7 Å². The van der Waals surface area contributed by atoms with Crippen molar-refractivity contribution < 1.29 is 4.52 Å². The van der Waals surface area contributed by atoms with Gasteiger partial charge in [-0.3, -0.25) is 0 Å². The van der Waals surface area contributed by atoms with E-state index in [-0.39, 0.29) is 0 Å². The number of nitrogens with zero attached hydrogens (tertiary/aromatic N) is 3. The molecule has 0 spiro atoms. The summed E-state index contributed by atoms with van der Waals surface area (Å²) >= 11 is 7.83. The molecule has 0 aliphatic heterocycles. The van der Waals surface area contributed by atoms with E-state index in [0.29, 0.717) is 16.7 Å². The molecule has 0 saturated carbocycles. The molecule has 0 radical (unpaired) electrons. The summed E-state index contributed by atoms with van der Waals surface area (Å²) in [6, 6.07) is 11.9. The summed E-state index contributed by atoms with van der Waals surface area (Å²) in [5.41, 5.74) is 2.11. The van der Waals surface area contributed by atoms with E-state index in [0.717, 1.165) is 16.1 Å². The quantitative estimate of drug-likeness (QED) is 0.700. The zero-order valence-corrected chi connectivity index (χ0v) is 13.7. The molecule has 0 bridgehead atoms. The van der Waals surface area contributed by atoms with Crippen molar-refractivity contribution in [3.63, 3.8) is 0 Å². The molecule has 0 saturated heterocycles. The van der Waals surface area contributed by atoms with E-state index in [2.05, 4.69) is 10.1 Å². The van der Waals surface area contributed by atoms with Crippen molar-refractivity contribution in [1.82, 2.24) is 10.1 Å². The zero-order valence-electron chi connectivity index (χ0n) is 12.2. The Bertz CT molecular complexity index is 776. The van der Waals surface area contributed by atoms with Crippen LogP contribution in [0.5, 0.6) is 0 Å². The summed E-state index contributed by atoms with van der Waals surface area (Å²) in [4.78, 5) is 7.31. The van der Waals surface area contributed by atoms with Crippen molar-refractivity contribution in [3.05, 3.63) is 53.2 Å². The minimum Gasteiger partial charge on any atom is -0.378 e. The van der Waals surface area contributed by atoms with Crippen LogP contribution in [0.2, 0.25) is 0 Å². The van der Waals surface area contributed by atoms with Gasteiger partial charge in [0, 0.05) is 19.8 Å². The monoisotopic (exact) mass is 331 g/mol. The third kappa shape index (κ3) is 3.21. The van der Waals surface area contributed by atoms with Gasteiger partial charge in [0.25, 0.3) is 5.89 Å². The van der Waals surface area contributed by atoms with Gasteiger partial charge in [0.1, 0.15) is 5.03 Å². The minimum absolute atomic E-state index is 0.321. The molecule has 0 unspecified atom stereocenters. The number of anilines is 1. The maximum Gasteiger partial charge on any atom is 0.269 e. The largest absolute Gasteiger partial charge is 0.378 e. The van der Waals surface area contributed by atoms with E-state index in [4.69, 9.17) is 16.1 Å². The van der Waals surface area contributed by atoms with Gasteiger partial charge in [-0.05, 0) is 35.2 Å². The molecule has 112 valence electrons. The Morgan fingerprint density at radius 1 is 1.23 bits per heavy atom. The summed E-state index contributed by atoms with van der Waals surface area (Å²) in [5.74, 6) is 0.876. The summed E-state index contributed by atoms with van der Waals surface area (Å²) in [5, 5.41) is 6.34. The van der Waals surface area contributed by atoms with Crippen LogP contribution in [0, 0.1) is 0 Å². The number of hydrogen-bond acceptors (Lipinski definition) is 5. The minimum atomic E-state index is 0.321. The van der Waals surface area contributed by atoms with Crippen LogP contribution in [0.4, 0.5) is 5.69 Å². The Hall–Kier alpha value is -2.11. The number of halogens is 1. The van der Waals surface area contributed by atoms with Crippen molar-refractivity contribution in [2.45, 2.75) is 0 Å². The average Bonchev–Trinajstić information content (AvgIpc) is 3.19. The molecule has 4 nitrogen and oxygen atoms in total. The van der Waals surface area contributed by atoms with Crippen molar-refractivity contribution in [1.29, 1.82) is 0 Å². The van der Waals surface area contributed by atoms with Crippen LogP contribution >= 0.6 is 22.9 Å². The van der Waals surface area contributed by atoms with E-state index in [1.165, 1.54) is 0 Å². The predicted molar refractivity (Wildman–Crippen MR) is 92.1 cm³/mol. The molecule has 3 rings (SSSR count). The molecule has 0 aliphatic rings. The van der Waals surface area contributed by atoms with Crippen LogP contribution in [0.15, 0.2) is 46.3 Å². The molecular weight excluding hydrogens is 318 g/mol. The lowest BCUT2D eigenvalue weighted by molar-refractivity contribution is 0.410. The second kappa shape index (κ2) is 6.34. The van der Waals surface area contributed by atoms with Gasteiger partial charge in [0.15, 0.2) is 0 Å². The number of rotatable bonds is 4. The van der Waals surface area contributed by atoms with Crippen LogP contribution in [0.3, 0.4) is 0 Å². The van der Waals surface area contributed by atoms with Crippen molar-refractivity contribution >= 4 is 39.7 Å². The summed E-state index contributed by atoms with van der Waals surface area (Å²) in [7, 11) is 4.00. The van der Waals surface area contributed by atoms with Crippen LogP contribution < -0.4 is 4.90 Å². The highest BCUT2D eigenvalue weighted by atomic mass is 35.5. The molecule has 22 heavy (non-hydrogen) atoms. The van der Waals surface area contributed by atoms with Gasteiger partial charge in [0.2, 0.25) is 5.82 Å². The van der Waals surface area contributed by atoms with Gasteiger partial charge in [-0.15, -0.1) is 11.3 Å². The van der Waals surface area contributed by atoms with E-state index in [1.807, 2.05) is 66.8 Å². The maximum atomic E-state index is 6.28. The summed E-state index contributed by atoms with van der Waals surface area (Å²) in [6.45, 7) is 0. The van der Waals surface area contributed by atoms with Crippen molar-refractivity contribution in [2.24, 2.45) is 0 Å². The molecule has 0 amide bonds. The van der Waals surface area contributed by atoms with Gasteiger partial charge >= 0.3 is 0 Å². The lowest BCUT2D eigenvalue weighted by Gasteiger charge is -2.11. The first-order chi connectivity index (χ1) is 10.6. The van der Waals surface area contributed by atoms with Gasteiger partial charge in [-0.1, -0.05) is 35.0 Å². The molecule has 1 aromatic carbocycles. The van der Waals surface area contributed by atoms with E-state index >= 15 is 0 Å². The average molecular weight is 332 g/mol. The van der Waals surface area contributed by atoms with E-state index in [1.54, 1.807) is 11.3 Å². The fraction of sp³-hybridized carbons (Fsp3) is 0.125. The fourth-order valence-electron chi connectivity index (χ4n) is 1.90. The zero-order chi connectivity index (χ0) is 15.5. The number of aromatic nitrogens is 2. The molecule has 3 aromatic rings. The Morgan fingerprint density at radius 2 is 2.00 bits per heavy atom. The molecule has 2 aromatic heterocycles. The lowest BCUT2D eigenvalue weighted by atomic mass is 10.2. The Balaban J connectivity index is 1.82. The molecule has 0 atom stereocenters. The van der Waals surface area contributed by atoms with Crippen LogP contribution in [-0.4, -0.2) is 24.2 Å². The Labute approximate surface area is 137 Å². The molecular formula is C16H14ClN3OS. The van der Waals surface area contributed by atoms with E-state index in [9.17, 15) is 0 Å². The summed E-state index contributed by atoms with van der Waals surface area (Å²) in [6.07, 6.45) is 1.81. The highest BCUT2D eigenvalue weighted by Crippen LogP contribution is 2.26. The van der Waals surface area contributed by atoms with Gasteiger partial charge in [-0.2, -0.15) is 4.98 Å². The molecule has 6 heteroatoms. The van der Waals surface area contributed by atoms with Crippen LogP contribution in [-0.2, 0) is 0 Å². The van der Waals surface area contributed by atoms with Crippen LogP contribution in [0.25, 0.3) is 21.8 Å². The predicted octanol–water partition coefficient (Wildman–Crippen LogP) is 4.60. The highest BCUT2D eigenvalue weighted by Gasteiger charge is 2.12. The van der Waals surface area contributed by atoms with Crippen molar-refractivity contribution in [2.75, 3.05) is 19.0 Å². The number of benzene rings is 1. The van der Waals surface area contributed by atoms with E-state index < -0.39 is 0 Å². The van der Waals surface area contributed by atoms with Gasteiger partial charge in [-0.25, -0.2) is 0 Å². The Kier molecular flexibility index (Phi) is 4.27. The first kappa shape index (κ1) is 14.8. The molecule has 0 aliphatic carbocycles. The maximum absolute atomic E-state index is 6.28. The molecule has 2 heterocycles. The standard InChI is InChI=1S/C16H14ClN3OS/c1-20(2)12-7-5-11(6-8-12)10-13(17)16-18-15(19-21-16)14-4-3-9-22-14/h3-10H,1-2H3/b13-10-. The number of hydrogen-bond donors (Lipinski definition) is 0. The SMILES string of the molecule is CN(C)c1ccc(/C=C(\Cl)c2nc(-c3cccs3)no2)cc1. The highest BCUT2D eigenvalue weighted by molar-refractivity contribution is 7.13. The molecule has 0 N–H and O–H groups in total. The second-order valence-corrected chi connectivity index (χ2v) is 6.23. The fourth-order valence-corrected chi connectivity index (χ4v) is 2.76. The molecule has 0 fully saturated rings. The smallest absolute Gasteiger partial charge is 0.269 e. The topological polar surface area (TPSA) is 42.2 Å². The van der Waals surface area contributed by atoms with Crippen LogP contribution in [0.1, 0.15) is 11.5 Å². The summed E-state index contributed by atoms with van der Waals surface area (Å²) < 4.78 is 5.22. The Morgan fingerprint density at radius 3 is 2.64 bits per heavy atom. The van der Waals surface area contributed by atoms with Gasteiger partial charge in [0.05, 0.1) is 4.88 Å². The third-order valence-electron chi connectivity index (χ3n) is 3.07. The third-order valence-corrected chi connectivity index (χ3v) is 4.21. The number of thiophene rings is 1. The van der Waals surface area contributed by atoms with Gasteiger partial charge < -0.3 is 9.42 Å².